The van der Waals surface area contributed by atoms with Gasteiger partial charge in [0, 0.05) is 30.2 Å². The summed E-state index contributed by atoms with van der Waals surface area (Å²) in [6.07, 6.45) is 1.06. The van der Waals surface area contributed by atoms with Crippen molar-refractivity contribution in [2.75, 3.05) is 36.2 Å². The smallest absolute Gasteiger partial charge is 0.234 e. The fourth-order valence-electron chi connectivity index (χ4n) is 3.64. The number of benzene rings is 2. The average Bonchev–Trinajstić information content (AvgIpc) is 3.35. The molecule has 0 saturated heterocycles. The van der Waals surface area contributed by atoms with Crippen LogP contribution in [0.1, 0.15) is 18.3 Å². The van der Waals surface area contributed by atoms with Crippen LogP contribution < -0.4 is 15.0 Å². The number of anilines is 2. The number of methoxy groups -OCH3 is 1. The molecule has 1 aliphatic heterocycles. The Morgan fingerprint density at radius 2 is 2.00 bits per heavy atom. The second kappa shape index (κ2) is 8.79. The van der Waals surface area contributed by atoms with E-state index in [-0.39, 0.29) is 11.7 Å². The number of thioether (sulfide) groups is 1. The fraction of sp³-hybridized carbons (Fsp3) is 0.318. The van der Waals surface area contributed by atoms with E-state index in [1.165, 1.54) is 23.0 Å². The van der Waals surface area contributed by atoms with Gasteiger partial charge in [0.15, 0.2) is 5.16 Å². The summed E-state index contributed by atoms with van der Waals surface area (Å²) in [4.78, 5) is 14.9. The molecule has 1 amide bonds. The molecule has 8 heteroatoms. The van der Waals surface area contributed by atoms with Crippen LogP contribution in [0.25, 0.3) is 5.69 Å². The molecule has 1 aromatic heterocycles. The van der Waals surface area contributed by atoms with Crippen molar-refractivity contribution in [2.45, 2.75) is 25.4 Å². The number of carbonyl (C=O) groups excluding carboxylic acids is 1. The van der Waals surface area contributed by atoms with Gasteiger partial charge in [-0.1, -0.05) is 17.8 Å². The minimum Gasteiger partial charge on any atom is -0.497 e. The Morgan fingerprint density at radius 3 is 2.73 bits per heavy atom. The van der Waals surface area contributed by atoms with Gasteiger partial charge in [-0.2, -0.15) is 0 Å². The Hall–Kier alpha value is -3.00. The highest BCUT2D eigenvalue weighted by Gasteiger charge is 2.18. The minimum absolute atomic E-state index is 0.0667. The molecule has 0 atom stereocenters. The summed E-state index contributed by atoms with van der Waals surface area (Å²) >= 11 is 1.37. The van der Waals surface area contributed by atoms with Gasteiger partial charge in [0.05, 0.1) is 12.9 Å². The van der Waals surface area contributed by atoms with Gasteiger partial charge in [-0.15, -0.1) is 10.2 Å². The normalized spacial score (nSPS) is 12.7. The van der Waals surface area contributed by atoms with Gasteiger partial charge >= 0.3 is 0 Å². The third-order valence-electron chi connectivity index (χ3n) is 5.20. The van der Waals surface area contributed by atoms with Crippen LogP contribution in [0.3, 0.4) is 0 Å². The lowest BCUT2D eigenvalue weighted by molar-refractivity contribution is -0.113. The van der Waals surface area contributed by atoms with Crippen molar-refractivity contribution in [1.29, 1.82) is 0 Å². The molecule has 2 heterocycles. The summed E-state index contributed by atoms with van der Waals surface area (Å²) in [7, 11) is 1.64. The van der Waals surface area contributed by atoms with E-state index in [0.29, 0.717) is 5.16 Å². The van der Waals surface area contributed by atoms with Crippen LogP contribution in [-0.4, -0.2) is 46.6 Å². The molecule has 2 aromatic carbocycles. The molecule has 156 valence electrons. The number of nitrogens with one attached hydrogen (secondary N) is 1. The summed E-state index contributed by atoms with van der Waals surface area (Å²) < 4.78 is 7.16. The number of aromatic nitrogens is 3. The van der Waals surface area contributed by atoms with Crippen LogP contribution in [0.4, 0.5) is 11.4 Å². The van der Waals surface area contributed by atoms with E-state index in [1.807, 2.05) is 41.8 Å². The predicted octanol–water partition coefficient (Wildman–Crippen LogP) is 3.70. The number of hydrogen-bond acceptors (Lipinski definition) is 6. The number of fused-ring (bicyclic) bond motifs is 1. The first-order chi connectivity index (χ1) is 14.6. The van der Waals surface area contributed by atoms with Crippen molar-refractivity contribution in [3.05, 3.63) is 53.9 Å². The first-order valence-corrected chi connectivity index (χ1v) is 10.9. The molecule has 3 aromatic rings. The zero-order chi connectivity index (χ0) is 21.1. The number of ether oxygens (including phenoxy) is 1. The quantitative estimate of drug-likeness (QED) is 0.584. The molecule has 30 heavy (non-hydrogen) atoms. The Bertz CT molecular complexity index is 1050. The molecular weight excluding hydrogens is 398 g/mol. The van der Waals surface area contributed by atoms with Crippen molar-refractivity contribution in [2.24, 2.45) is 0 Å². The van der Waals surface area contributed by atoms with Gasteiger partial charge in [0.1, 0.15) is 11.6 Å². The highest BCUT2D eigenvalue weighted by atomic mass is 32.2. The number of amides is 1. The van der Waals surface area contributed by atoms with Gasteiger partial charge < -0.3 is 15.0 Å². The molecule has 0 radical (unpaired) electrons. The number of hydrogen-bond donors (Lipinski definition) is 1. The second-order valence-corrected chi connectivity index (χ2v) is 8.02. The van der Waals surface area contributed by atoms with Gasteiger partial charge in [-0.25, -0.2) is 0 Å². The van der Waals surface area contributed by atoms with E-state index in [1.54, 1.807) is 7.11 Å². The maximum Gasteiger partial charge on any atom is 0.234 e. The Kier molecular flexibility index (Phi) is 5.94. The minimum atomic E-state index is -0.0667. The lowest BCUT2D eigenvalue weighted by atomic mass is 10.1. The maximum atomic E-state index is 12.6. The van der Waals surface area contributed by atoms with E-state index < -0.39 is 0 Å². The zero-order valence-electron chi connectivity index (χ0n) is 17.4. The first kappa shape index (κ1) is 20.3. The van der Waals surface area contributed by atoms with Gasteiger partial charge in [-0.3, -0.25) is 9.36 Å². The molecule has 0 fully saturated rings. The molecule has 7 nitrogen and oxygen atoms in total. The van der Waals surface area contributed by atoms with E-state index in [9.17, 15) is 4.79 Å². The highest BCUT2D eigenvalue weighted by Crippen LogP contribution is 2.31. The molecule has 4 rings (SSSR count). The van der Waals surface area contributed by atoms with E-state index in [4.69, 9.17) is 4.74 Å². The van der Waals surface area contributed by atoms with Gasteiger partial charge in [0.2, 0.25) is 5.91 Å². The Labute approximate surface area is 180 Å². The fourth-order valence-corrected chi connectivity index (χ4v) is 4.44. The summed E-state index contributed by atoms with van der Waals surface area (Å²) in [6, 6.07) is 13.8. The van der Waals surface area contributed by atoms with E-state index in [0.717, 1.165) is 42.5 Å². The SMILES string of the molecule is CCN1CCc2ccc(NC(=O)CSc3nnc(C)n3-c3ccc(OC)cc3)cc21. The van der Waals surface area contributed by atoms with Gasteiger partial charge in [0.25, 0.3) is 0 Å². The molecule has 0 spiro atoms. The Morgan fingerprint density at radius 1 is 1.20 bits per heavy atom. The third kappa shape index (κ3) is 4.14. The predicted molar refractivity (Wildman–Crippen MR) is 120 cm³/mol. The van der Waals surface area contributed by atoms with Crippen LogP contribution in [0.2, 0.25) is 0 Å². The van der Waals surface area contributed by atoms with Crippen molar-refractivity contribution in [3.8, 4) is 11.4 Å². The molecular formula is C22H25N5O2S. The molecule has 0 aliphatic carbocycles. The second-order valence-electron chi connectivity index (χ2n) is 7.07. The summed E-state index contributed by atoms with van der Waals surface area (Å²) in [5, 5.41) is 12.1. The van der Waals surface area contributed by atoms with Crippen molar-refractivity contribution >= 4 is 29.0 Å². The maximum absolute atomic E-state index is 12.6. The first-order valence-electron chi connectivity index (χ1n) is 9.96. The van der Waals surface area contributed by atoms with Crippen molar-refractivity contribution in [3.63, 3.8) is 0 Å². The topological polar surface area (TPSA) is 72.3 Å². The standard InChI is InChI=1S/C22H25N5O2S/c1-4-26-12-11-16-5-6-17(13-20(16)26)23-21(28)14-30-22-25-24-15(2)27(22)18-7-9-19(29-3)10-8-18/h5-10,13H,4,11-12,14H2,1-3H3,(H,23,28). The Balaban J connectivity index is 1.42. The van der Waals surface area contributed by atoms with Crippen LogP contribution in [0.15, 0.2) is 47.6 Å². The molecule has 1 N–H and O–H groups in total. The van der Waals surface area contributed by atoms with E-state index in [2.05, 4.69) is 39.5 Å². The molecule has 1 aliphatic rings. The van der Waals surface area contributed by atoms with Crippen LogP contribution in [0.5, 0.6) is 5.75 Å². The lowest BCUT2D eigenvalue weighted by Gasteiger charge is -2.17. The largest absolute Gasteiger partial charge is 0.497 e. The van der Waals surface area contributed by atoms with Crippen molar-refractivity contribution < 1.29 is 9.53 Å². The number of likely N-dealkylation sites (N-methyl/N-ethyl adjacent to an activating group) is 1. The summed E-state index contributed by atoms with van der Waals surface area (Å²) in [5.41, 5.74) is 4.32. The van der Waals surface area contributed by atoms with Crippen LogP contribution >= 0.6 is 11.8 Å². The lowest BCUT2D eigenvalue weighted by Crippen LogP contribution is -2.19. The molecule has 0 unspecified atom stereocenters. The number of aryl methyl sites for hydroxylation is 1. The van der Waals surface area contributed by atoms with Crippen LogP contribution in [0, 0.1) is 6.92 Å². The van der Waals surface area contributed by atoms with Crippen molar-refractivity contribution in [1.82, 2.24) is 14.8 Å². The zero-order valence-corrected chi connectivity index (χ0v) is 18.2. The summed E-state index contributed by atoms with van der Waals surface area (Å²) in [5.74, 6) is 1.74. The summed E-state index contributed by atoms with van der Waals surface area (Å²) in [6.45, 7) is 6.06. The third-order valence-corrected chi connectivity index (χ3v) is 6.13. The van der Waals surface area contributed by atoms with E-state index >= 15 is 0 Å². The number of nitrogens with zero attached hydrogens (tertiary/aromatic N) is 4. The number of rotatable bonds is 7. The monoisotopic (exact) mass is 423 g/mol. The average molecular weight is 424 g/mol. The molecule has 0 saturated carbocycles. The van der Waals surface area contributed by atoms with Gasteiger partial charge in [-0.05, 0) is 62.2 Å². The highest BCUT2D eigenvalue weighted by molar-refractivity contribution is 7.99. The van der Waals surface area contributed by atoms with Crippen LogP contribution in [-0.2, 0) is 11.2 Å². The molecule has 0 bridgehead atoms. The number of carbonyl (C=O) groups is 1.